The van der Waals surface area contributed by atoms with Crippen molar-refractivity contribution in [1.29, 1.82) is 0 Å². The highest BCUT2D eigenvalue weighted by molar-refractivity contribution is 5.88. The van der Waals surface area contributed by atoms with Crippen LogP contribution in [0.3, 0.4) is 0 Å². The van der Waals surface area contributed by atoms with Gasteiger partial charge in [0.05, 0.1) is 17.3 Å². The SMILES string of the molecule is O=C(O)c1ccc(-c2ncc(-c3cccc(F)c3F)o2)cc1. The fourth-order valence-electron chi connectivity index (χ4n) is 1.98. The molecule has 4 nitrogen and oxygen atoms in total. The third kappa shape index (κ3) is 2.46. The molecule has 0 saturated heterocycles. The van der Waals surface area contributed by atoms with Crippen LogP contribution in [0, 0.1) is 11.6 Å². The number of aromatic carboxylic acids is 1. The van der Waals surface area contributed by atoms with Crippen LogP contribution in [0.4, 0.5) is 8.78 Å². The van der Waals surface area contributed by atoms with Crippen LogP contribution in [-0.2, 0) is 0 Å². The summed E-state index contributed by atoms with van der Waals surface area (Å²) in [7, 11) is 0. The van der Waals surface area contributed by atoms with E-state index in [0.29, 0.717) is 5.56 Å². The lowest BCUT2D eigenvalue weighted by Gasteiger charge is -2.00. The van der Waals surface area contributed by atoms with E-state index >= 15 is 0 Å². The van der Waals surface area contributed by atoms with Gasteiger partial charge in [-0.3, -0.25) is 0 Å². The Morgan fingerprint density at radius 3 is 2.50 bits per heavy atom. The van der Waals surface area contributed by atoms with Gasteiger partial charge in [-0.1, -0.05) is 6.07 Å². The predicted molar refractivity (Wildman–Crippen MR) is 74.3 cm³/mol. The Labute approximate surface area is 123 Å². The number of hydrogen-bond donors (Lipinski definition) is 1. The molecule has 1 heterocycles. The molecule has 3 rings (SSSR count). The zero-order chi connectivity index (χ0) is 15.7. The summed E-state index contributed by atoms with van der Waals surface area (Å²) in [4.78, 5) is 14.8. The van der Waals surface area contributed by atoms with Gasteiger partial charge >= 0.3 is 5.97 Å². The van der Waals surface area contributed by atoms with E-state index in [4.69, 9.17) is 9.52 Å². The number of carboxylic acid groups (broad SMARTS) is 1. The maximum absolute atomic E-state index is 13.7. The monoisotopic (exact) mass is 301 g/mol. The Balaban J connectivity index is 1.97. The molecule has 0 aliphatic rings. The second-order valence-corrected chi connectivity index (χ2v) is 4.51. The molecule has 3 aromatic rings. The number of carboxylic acids is 1. The molecule has 0 aliphatic carbocycles. The van der Waals surface area contributed by atoms with Crippen LogP contribution in [0.15, 0.2) is 53.1 Å². The van der Waals surface area contributed by atoms with E-state index in [2.05, 4.69) is 4.98 Å². The Bertz CT molecular complexity index is 841. The minimum atomic E-state index is -1.04. The zero-order valence-electron chi connectivity index (χ0n) is 11.1. The van der Waals surface area contributed by atoms with Crippen molar-refractivity contribution in [3.05, 3.63) is 65.9 Å². The van der Waals surface area contributed by atoms with Crippen molar-refractivity contribution in [3.8, 4) is 22.8 Å². The third-order valence-corrected chi connectivity index (χ3v) is 3.10. The quantitative estimate of drug-likeness (QED) is 0.794. The molecule has 0 atom stereocenters. The first kappa shape index (κ1) is 13.9. The van der Waals surface area contributed by atoms with Gasteiger partial charge in [-0.2, -0.15) is 0 Å². The van der Waals surface area contributed by atoms with Gasteiger partial charge < -0.3 is 9.52 Å². The molecule has 0 saturated carbocycles. The van der Waals surface area contributed by atoms with Crippen molar-refractivity contribution in [2.24, 2.45) is 0 Å². The van der Waals surface area contributed by atoms with Gasteiger partial charge in [-0.25, -0.2) is 18.6 Å². The third-order valence-electron chi connectivity index (χ3n) is 3.10. The summed E-state index contributed by atoms with van der Waals surface area (Å²) in [5.74, 6) is -2.74. The van der Waals surface area contributed by atoms with E-state index in [0.717, 1.165) is 6.07 Å². The summed E-state index contributed by atoms with van der Waals surface area (Å²) in [5, 5.41) is 8.84. The number of rotatable bonds is 3. The van der Waals surface area contributed by atoms with E-state index in [9.17, 15) is 13.6 Å². The molecule has 0 bridgehead atoms. The lowest BCUT2D eigenvalue weighted by molar-refractivity contribution is 0.0697. The number of hydrogen-bond acceptors (Lipinski definition) is 3. The van der Waals surface area contributed by atoms with E-state index in [1.165, 1.54) is 42.6 Å². The number of oxazole rings is 1. The van der Waals surface area contributed by atoms with Gasteiger partial charge in [-0.05, 0) is 36.4 Å². The Morgan fingerprint density at radius 2 is 1.82 bits per heavy atom. The number of halogens is 2. The van der Waals surface area contributed by atoms with Crippen molar-refractivity contribution >= 4 is 5.97 Å². The van der Waals surface area contributed by atoms with Crippen molar-refractivity contribution in [2.75, 3.05) is 0 Å². The van der Waals surface area contributed by atoms with Crippen LogP contribution in [0.5, 0.6) is 0 Å². The summed E-state index contributed by atoms with van der Waals surface area (Å²) in [6, 6.07) is 9.64. The maximum atomic E-state index is 13.7. The summed E-state index contributed by atoms with van der Waals surface area (Å²) < 4.78 is 32.4. The highest BCUT2D eigenvalue weighted by Gasteiger charge is 2.15. The van der Waals surface area contributed by atoms with Crippen molar-refractivity contribution < 1.29 is 23.1 Å². The van der Waals surface area contributed by atoms with Crippen LogP contribution in [0.2, 0.25) is 0 Å². The molecule has 22 heavy (non-hydrogen) atoms. The average molecular weight is 301 g/mol. The van der Waals surface area contributed by atoms with Gasteiger partial charge in [0.2, 0.25) is 5.89 Å². The first-order valence-corrected chi connectivity index (χ1v) is 6.30. The van der Waals surface area contributed by atoms with Crippen LogP contribution in [-0.4, -0.2) is 16.1 Å². The van der Waals surface area contributed by atoms with Crippen molar-refractivity contribution in [1.82, 2.24) is 4.98 Å². The minimum absolute atomic E-state index is 0.0269. The molecule has 110 valence electrons. The van der Waals surface area contributed by atoms with Crippen LogP contribution in [0.25, 0.3) is 22.8 Å². The van der Waals surface area contributed by atoms with Gasteiger partial charge in [0.15, 0.2) is 17.4 Å². The lowest BCUT2D eigenvalue weighted by atomic mass is 10.1. The summed E-state index contributed by atoms with van der Waals surface area (Å²) in [6.45, 7) is 0. The normalized spacial score (nSPS) is 10.6. The topological polar surface area (TPSA) is 63.3 Å². The Hall–Kier alpha value is -3.02. The summed E-state index contributed by atoms with van der Waals surface area (Å²) in [6.07, 6.45) is 1.29. The predicted octanol–water partition coefficient (Wildman–Crippen LogP) is 3.99. The second kappa shape index (κ2) is 5.40. The molecule has 0 unspecified atom stereocenters. The molecule has 0 spiro atoms. The largest absolute Gasteiger partial charge is 0.478 e. The van der Waals surface area contributed by atoms with Crippen LogP contribution in [0.1, 0.15) is 10.4 Å². The van der Waals surface area contributed by atoms with E-state index in [1.54, 1.807) is 0 Å². The van der Waals surface area contributed by atoms with Crippen LogP contribution >= 0.6 is 0 Å². The smallest absolute Gasteiger partial charge is 0.335 e. The Kier molecular flexibility index (Phi) is 3.42. The van der Waals surface area contributed by atoms with Gasteiger partial charge in [0.25, 0.3) is 0 Å². The summed E-state index contributed by atoms with van der Waals surface area (Å²) >= 11 is 0. The average Bonchev–Trinajstić information content (AvgIpc) is 3.00. The molecule has 1 N–H and O–H groups in total. The van der Waals surface area contributed by atoms with Crippen molar-refractivity contribution in [2.45, 2.75) is 0 Å². The molecule has 0 aliphatic heterocycles. The van der Waals surface area contributed by atoms with Gasteiger partial charge in [0.1, 0.15) is 0 Å². The highest BCUT2D eigenvalue weighted by Crippen LogP contribution is 2.28. The molecule has 0 radical (unpaired) electrons. The van der Waals surface area contributed by atoms with E-state index in [1.807, 2.05) is 0 Å². The first-order valence-electron chi connectivity index (χ1n) is 6.30. The molecule has 1 aromatic heterocycles. The maximum Gasteiger partial charge on any atom is 0.335 e. The standard InChI is InChI=1S/C16H9F2NO3/c17-12-3-1-2-11(14(12)18)13-8-19-15(22-13)9-4-6-10(7-5-9)16(20)21/h1-8H,(H,20,21). The first-order chi connectivity index (χ1) is 10.6. The molecule has 0 fully saturated rings. The second-order valence-electron chi connectivity index (χ2n) is 4.51. The van der Waals surface area contributed by atoms with Gasteiger partial charge in [-0.15, -0.1) is 0 Å². The summed E-state index contributed by atoms with van der Waals surface area (Å²) in [5.41, 5.74) is 0.640. The lowest BCUT2D eigenvalue weighted by Crippen LogP contribution is -1.94. The van der Waals surface area contributed by atoms with Gasteiger partial charge in [0, 0.05) is 5.56 Å². The number of carbonyl (C=O) groups is 1. The molecular weight excluding hydrogens is 292 g/mol. The fourth-order valence-corrected chi connectivity index (χ4v) is 1.98. The number of nitrogens with zero attached hydrogens (tertiary/aromatic N) is 1. The molecular formula is C16H9F2NO3. The van der Waals surface area contributed by atoms with Crippen LogP contribution < -0.4 is 0 Å². The van der Waals surface area contributed by atoms with Crippen molar-refractivity contribution in [3.63, 3.8) is 0 Å². The fraction of sp³-hybridized carbons (Fsp3) is 0. The van der Waals surface area contributed by atoms with E-state index < -0.39 is 17.6 Å². The van der Waals surface area contributed by atoms with E-state index in [-0.39, 0.29) is 22.8 Å². The Morgan fingerprint density at radius 1 is 1.09 bits per heavy atom. The molecule has 6 heteroatoms. The zero-order valence-corrected chi connectivity index (χ0v) is 11.1. The number of aromatic nitrogens is 1. The molecule has 2 aromatic carbocycles. The number of benzene rings is 2. The molecule has 0 amide bonds. The minimum Gasteiger partial charge on any atom is -0.478 e. The highest BCUT2D eigenvalue weighted by atomic mass is 19.2.